The van der Waals surface area contributed by atoms with Crippen LogP contribution in [0.1, 0.15) is 50.3 Å². The number of ether oxygens (including phenoxy) is 2. The lowest BCUT2D eigenvalue weighted by Gasteiger charge is -2.35. The van der Waals surface area contributed by atoms with E-state index < -0.39 is 17.7 Å². The van der Waals surface area contributed by atoms with Crippen molar-refractivity contribution in [2.75, 3.05) is 13.1 Å². The first-order valence-electron chi connectivity index (χ1n) is 13.4. The van der Waals surface area contributed by atoms with Crippen LogP contribution in [0.4, 0.5) is 9.59 Å². The lowest BCUT2D eigenvalue weighted by molar-refractivity contribution is -0.136. The van der Waals surface area contributed by atoms with E-state index >= 15 is 0 Å². The van der Waals surface area contributed by atoms with Crippen LogP contribution < -0.4 is 5.32 Å². The lowest BCUT2D eigenvalue weighted by Crippen LogP contribution is -2.53. The molecule has 0 bridgehead atoms. The standard InChI is InChI=1S/C29H35N5O5/c1-29(2,3)39-28(37)33-14-13-21(16-33)34-17-23-20(9-11-24-22(23)15-30-32-24)10-12-25(26(34)35)31-27(36)38-18-19-7-5-4-6-8-19/h4-9,11,15,21,25H,10,12-14,16-18H2,1-3H3,(H,30,32)(H,31,36)/t21?,25-/m1/s1. The Morgan fingerprint density at radius 3 is 2.69 bits per heavy atom. The third-order valence-corrected chi connectivity index (χ3v) is 7.21. The number of rotatable bonds is 4. The van der Waals surface area contributed by atoms with Gasteiger partial charge in [-0.05, 0) is 62.8 Å². The summed E-state index contributed by atoms with van der Waals surface area (Å²) in [6.45, 7) is 6.83. The quantitative estimate of drug-likeness (QED) is 0.521. The van der Waals surface area contributed by atoms with E-state index in [1.54, 1.807) is 16.0 Å². The molecule has 3 aromatic rings. The highest BCUT2D eigenvalue weighted by Crippen LogP contribution is 2.30. The van der Waals surface area contributed by atoms with E-state index in [2.05, 4.69) is 21.6 Å². The van der Waals surface area contributed by atoms with Crippen molar-refractivity contribution in [3.63, 3.8) is 0 Å². The van der Waals surface area contributed by atoms with Gasteiger partial charge < -0.3 is 24.6 Å². The minimum Gasteiger partial charge on any atom is -0.445 e. The second-order valence-electron chi connectivity index (χ2n) is 11.2. The highest BCUT2D eigenvalue weighted by atomic mass is 16.6. The third kappa shape index (κ3) is 6.16. The van der Waals surface area contributed by atoms with Crippen LogP contribution in [0.15, 0.2) is 48.7 Å². The number of nitrogens with one attached hydrogen (secondary N) is 2. The highest BCUT2D eigenvalue weighted by Gasteiger charge is 2.39. The molecule has 3 heterocycles. The fourth-order valence-corrected chi connectivity index (χ4v) is 5.25. The van der Waals surface area contributed by atoms with E-state index in [1.165, 1.54) is 0 Å². The average molecular weight is 534 g/mol. The van der Waals surface area contributed by atoms with Crippen molar-refractivity contribution < 1.29 is 23.9 Å². The van der Waals surface area contributed by atoms with E-state index in [-0.39, 0.29) is 24.6 Å². The normalized spacial score (nSPS) is 19.8. The summed E-state index contributed by atoms with van der Waals surface area (Å²) in [4.78, 5) is 42.9. The number of carbonyl (C=O) groups excluding carboxylic acids is 3. The molecule has 1 fully saturated rings. The number of aryl methyl sites for hydroxylation is 1. The first-order chi connectivity index (χ1) is 18.7. The maximum Gasteiger partial charge on any atom is 0.410 e. The van der Waals surface area contributed by atoms with E-state index in [1.807, 2.05) is 57.2 Å². The molecular formula is C29H35N5O5. The largest absolute Gasteiger partial charge is 0.445 e. The molecule has 0 spiro atoms. The van der Waals surface area contributed by atoms with E-state index in [0.29, 0.717) is 38.9 Å². The molecule has 2 aromatic carbocycles. The first kappa shape index (κ1) is 26.5. The van der Waals surface area contributed by atoms with Gasteiger partial charge in [0.15, 0.2) is 0 Å². The van der Waals surface area contributed by atoms with Crippen molar-refractivity contribution >= 4 is 29.0 Å². The average Bonchev–Trinajstić information content (AvgIpc) is 3.57. The number of hydrogen-bond acceptors (Lipinski definition) is 6. The molecule has 2 aliphatic rings. The van der Waals surface area contributed by atoms with E-state index in [9.17, 15) is 14.4 Å². The fraction of sp³-hybridized carbons (Fsp3) is 0.448. The zero-order chi connectivity index (χ0) is 27.6. The van der Waals surface area contributed by atoms with Crippen LogP contribution in [-0.4, -0.2) is 68.9 Å². The Morgan fingerprint density at radius 1 is 1.13 bits per heavy atom. The summed E-state index contributed by atoms with van der Waals surface area (Å²) in [6.07, 6.45) is 2.43. The Hall–Kier alpha value is -4.08. The highest BCUT2D eigenvalue weighted by molar-refractivity contribution is 5.88. The van der Waals surface area contributed by atoms with Crippen molar-refractivity contribution in [3.05, 3.63) is 65.4 Å². The SMILES string of the molecule is CC(C)(C)OC(=O)N1CCC(N2Cc3c(ccc4[nH]ncc34)CC[C@@H](NC(=O)OCc3ccccc3)C2=O)C1. The molecular weight excluding hydrogens is 498 g/mol. The molecule has 1 saturated heterocycles. The Kier molecular flexibility index (Phi) is 7.45. The molecule has 10 heteroatoms. The second-order valence-corrected chi connectivity index (χ2v) is 11.2. The topological polar surface area (TPSA) is 117 Å². The lowest BCUT2D eigenvalue weighted by atomic mass is 9.93. The Balaban J connectivity index is 1.36. The van der Waals surface area contributed by atoms with Gasteiger partial charge in [0, 0.05) is 25.0 Å². The van der Waals surface area contributed by atoms with Crippen molar-refractivity contribution in [2.24, 2.45) is 0 Å². The van der Waals surface area contributed by atoms with Crippen LogP contribution in [0.25, 0.3) is 10.9 Å². The van der Waals surface area contributed by atoms with E-state index in [4.69, 9.17) is 9.47 Å². The molecule has 10 nitrogen and oxygen atoms in total. The Morgan fingerprint density at radius 2 is 1.92 bits per heavy atom. The molecule has 206 valence electrons. The summed E-state index contributed by atoms with van der Waals surface area (Å²) in [5, 5.41) is 11.0. The van der Waals surface area contributed by atoms with Crippen molar-refractivity contribution in [1.82, 2.24) is 25.3 Å². The number of fused-ring (bicyclic) bond motifs is 3. The van der Waals surface area contributed by atoms with Crippen molar-refractivity contribution in [1.29, 1.82) is 0 Å². The molecule has 2 atom stereocenters. The smallest absolute Gasteiger partial charge is 0.410 e. The summed E-state index contributed by atoms with van der Waals surface area (Å²) < 4.78 is 11.0. The maximum atomic E-state index is 14.0. The van der Waals surface area contributed by atoms with Crippen LogP contribution >= 0.6 is 0 Å². The van der Waals surface area contributed by atoms with Gasteiger partial charge in [0.25, 0.3) is 0 Å². The number of amides is 3. The van der Waals surface area contributed by atoms with E-state index in [0.717, 1.165) is 27.6 Å². The molecule has 39 heavy (non-hydrogen) atoms. The van der Waals surface area contributed by atoms with Crippen LogP contribution in [0.2, 0.25) is 0 Å². The first-order valence-corrected chi connectivity index (χ1v) is 13.4. The summed E-state index contributed by atoms with van der Waals surface area (Å²) >= 11 is 0. The number of hydrogen-bond donors (Lipinski definition) is 2. The summed E-state index contributed by atoms with van der Waals surface area (Å²) in [5.41, 5.74) is 3.31. The number of H-pyrrole nitrogens is 1. The van der Waals surface area contributed by atoms with Gasteiger partial charge in [-0.2, -0.15) is 5.10 Å². The van der Waals surface area contributed by atoms with Crippen LogP contribution in [0, 0.1) is 0 Å². The summed E-state index contributed by atoms with van der Waals surface area (Å²) in [7, 11) is 0. The van der Waals surface area contributed by atoms with Gasteiger partial charge in [-0.3, -0.25) is 9.89 Å². The Labute approximate surface area is 227 Å². The predicted octanol–water partition coefficient (Wildman–Crippen LogP) is 4.14. The zero-order valence-corrected chi connectivity index (χ0v) is 22.6. The van der Waals surface area contributed by atoms with Gasteiger partial charge in [0.05, 0.1) is 17.8 Å². The van der Waals surface area contributed by atoms with Gasteiger partial charge in [0.2, 0.25) is 5.91 Å². The van der Waals surface area contributed by atoms with Gasteiger partial charge >= 0.3 is 12.2 Å². The molecule has 3 amide bonds. The number of benzene rings is 2. The number of aromatic nitrogens is 2. The number of carbonyl (C=O) groups is 3. The minimum atomic E-state index is -0.753. The second kappa shape index (κ2) is 11.0. The van der Waals surface area contributed by atoms with Gasteiger partial charge in [-0.1, -0.05) is 36.4 Å². The predicted molar refractivity (Wildman–Crippen MR) is 145 cm³/mol. The molecule has 2 N–H and O–H groups in total. The summed E-state index contributed by atoms with van der Waals surface area (Å²) in [5.74, 6) is -0.186. The minimum absolute atomic E-state index is 0.117. The van der Waals surface area contributed by atoms with Crippen LogP contribution in [0.3, 0.4) is 0 Å². The van der Waals surface area contributed by atoms with Gasteiger partial charge in [0.1, 0.15) is 18.2 Å². The number of alkyl carbamates (subject to hydrolysis) is 1. The molecule has 0 saturated carbocycles. The molecule has 2 aliphatic heterocycles. The molecule has 1 unspecified atom stereocenters. The maximum absolute atomic E-state index is 14.0. The molecule has 1 aromatic heterocycles. The molecule has 0 aliphatic carbocycles. The number of aromatic amines is 1. The van der Waals surface area contributed by atoms with Gasteiger partial charge in [-0.25, -0.2) is 9.59 Å². The van der Waals surface area contributed by atoms with Gasteiger partial charge in [-0.15, -0.1) is 0 Å². The van der Waals surface area contributed by atoms with Crippen LogP contribution in [-0.2, 0) is 33.8 Å². The summed E-state index contributed by atoms with van der Waals surface area (Å²) in [6, 6.07) is 12.5. The fourth-order valence-electron chi connectivity index (χ4n) is 5.25. The monoisotopic (exact) mass is 533 g/mol. The van der Waals surface area contributed by atoms with Crippen molar-refractivity contribution in [2.45, 2.75) is 70.9 Å². The third-order valence-electron chi connectivity index (χ3n) is 7.21. The zero-order valence-electron chi connectivity index (χ0n) is 22.6. The number of likely N-dealkylation sites (tertiary alicyclic amines) is 1. The Bertz CT molecular complexity index is 1350. The number of nitrogens with zero attached hydrogens (tertiary/aromatic N) is 3. The van der Waals surface area contributed by atoms with Crippen molar-refractivity contribution in [3.8, 4) is 0 Å². The molecule has 5 rings (SSSR count). The molecule has 0 radical (unpaired) electrons. The van der Waals surface area contributed by atoms with Crippen LogP contribution in [0.5, 0.6) is 0 Å².